The van der Waals surface area contributed by atoms with Crippen LogP contribution in [0.2, 0.25) is 5.15 Å². The summed E-state index contributed by atoms with van der Waals surface area (Å²) >= 11 is 6.32. The zero-order chi connectivity index (χ0) is 13.9. The molecule has 0 saturated heterocycles. The van der Waals surface area contributed by atoms with Crippen molar-refractivity contribution in [2.75, 3.05) is 7.11 Å². The number of aryl methyl sites for hydroxylation is 1. The third-order valence-corrected chi connectivity index (χ3v) is 3.78. The first kappa shape index (κ1) is 13.2. The summed E-state index contributed by atoms with van der Waals surface area (Å²) in [5.74, 6) is 1.03. The number of hydrogen-bond donors (Lipinski definition) is 0. The molecule has 3 rings (SSSR count). The highest BCUT2D eigenvalue weighted by atomic mass is 35.5. The number of ether oxygens (including phenoxy) is 1. The third kappa shape index (κ3) is 2.58. The fraction of sp³-hybridized carbons (Fsp3) is 0.429. The molecule has 2 heterocycles. The van der Waals surface area contributed by atoms with Crippen molar-refractivity contribution in [3.05, 3.63) is 28.8 Å². The van der Waals surface area contributed by atoms with E-state index < -0.39 is 0 Å². The lowest BCUT2D eigenvalue weighted by molar-refractivity contribution is 0.397. The Hall–Kier alpha value is -1.75. The molecule has 0 atom stereocenters. The fourth-order valence-electron chi connectivity index (χ4n) is 2.41. The maximum Gasteiger partial charge on any atom is 0.216 e. The Morgan fingerprint density at radius 1 is 1.10 bits per heavy atom. The highest BCUT2D eigenvalue weighted by Crippen LogP contribution is 2.27. The molecule has 2 aromatic heterocycles. The number of nitrogens with zero attached hydrogens (tertiary/aromatic N) is 4. The van der Waals surface area contributed by atoms with E-state index in [1.54, 1.807) is 13.2 Å². The summed E-state index contributed by atoms with van der Waals surface area (Å²) in [5.41, 5.74) is 2.77. The Morgan fingerprint density at radius 2 is 1.95 bits per heavy atom. The van der Waals surface area contributed by atoms with Crippen molar-refractivity contribution in [3.8, 4) is 17.4 Å². The van der Waals surface area contributed by atoms with E-state index >= 15 is 0 Å². The zero-order valence-electron chi connectivity index (χ0n) is 11.3. The van der Waals surface area contributed by atoms with Gasteiger partial charge in [0.1, 0.15) is 17.2 Å². The van der Waals surface area contributed by atoms with Gasteiger partial charge in [-0.15, -0.1) is 0 Å². The monoisotopic (exact) mass is 290 g/mol. The molecule has 0 aromatic carbocycles. The fourth-order valence-corrected chi connectivity index (χ4v) is 2.70. The van der Waals surface area contributed by atoms with Crippen LogP contribution >= 0.6 is 11.6 Å². The molecule has 0 spiro atoms. The van der Waals surface area contributed by atoms with E-state index in [9.17, 15) is 0 Å². The lowest BCUT2D eigenvalue weighted by atomic mass is 10.1. The van der Waals surface area contributed by atoms with Crippen LogP contribution in [0.15, 0.2) is 12.4 Å². The Labute approximate surface area is 122 Å². The van der Waals surface area contributed by atoms with Gasteiger partial charge in [-0.05, 0) is 25.7 Å². The minimum absolute atomic E-state index is 0.490. The zero-order valence-corrected chi connectivity index (χ0v) is 12.0. The van der Waals surface area contributed by atoms with Gasteiger partial charge in [-0.25, -0.2) is 19.9 Å². The van der Waals surface area contributed by atoms with Gasteiger partial charge in [0.15, 0.2) is 5.82 Å². The summed E-state index contributed by atoms with van der Waals surface area (Å²) in [6.45, 7) is 0. The number of hydrogen-bond acceptors (Lipinski definition) is 5. The summed E-state index contributed by atoms with van der Waals surface area (Å²) in [5, 5.41) is 0.546. The molecule has 1 aliphatic carbocycles. The number of fused-ring (bicyclic) bond motifs is 1. The van der Waals surface area contributed by atoms with Crippen LogP contribution in [0.25, 0.3) is 11.5 Å². The van der Waals surface area contributed by atoms with Crippen LogP contribution in [0.3, 0.4) is 0 Å². The van der Waals surface area contributed by atoms with Crippen LogP contribution < -0.4 is 4.74 Å². The van der Waals surface area contributed by atoms with Crippen molar-refractivity contribution in [2.45, 2.75) is 32.1 Å². The average molecular weight is 291 g/mol. The van der Waals surface area contributed by atoms with Crippen LogP contribution in [-0.4, -0.2) is 27.0 Å². The second kappa shape index (κ2) is 5.71. The molecule has 2 aromatic rings. The summed E-state index contributed by atoms with van der Waals surface area (Å²) < 4.78 is 5.10. The van der Waals surface area contributed by atoms with Crippen molar-refractivity contribution in [1.82, 2.24) is 19.9 Å². The molecule has 0 bridgehead atoms. The Kier molecular flexibility index (Phi) is 3.78. The highest BCUT2D eigenvalue weighted by molar-refractivity contribution is 6.30. The number of methoxy groups -OCH3 is 1. The topological polar surface area (TPSA) is 60.8 Å². The predicted molar refractivity (Wildman–Crippen MR) is 75.9 cm³/mol. The van der Waals surface area contributed by atoms with Crippen molar-refractivity contribution in [3.63, 3.8) is 0 Å². The molecular formula is C14H15ClN4O. The molecular weight excluding hydrogens is 276 g/mol. The Bertz CT molecular complexity index is 633. The van der Waals surface area contributed by atoms with Crippen molar-refractivity contribution in [1.29, 1.82) is 0 Å². The van der Waals surface area contributed by atoms with Gasteiger partial charge in [-0.2, -0.15) is 0 Å². The first-order valence-electron chi connectivity index (χ1n) is 6.69. The first-order chi connectivity index (χ1) is 9.78. The van der Waals surface area contributed by atoms with Gasteiger partial charge in [0.05, 0.1) is 7.11 Å². The molecule has 0 fully saturated rings. The highest BCUT2D eigenvalue weighted by Gasteiger charge is 2.17. The standard InChI is InChI=1S/C14H15ClN4O/c1-20-12-7-11(16-8-17-12)14-18-10-6-4-2-3-5-9(10)13(15)19-14/h7-8H,2-6H2,1H3. The second-order valence-electron chi connectivity index (χ2n) is 4.77. The first-order valence-corrected chi connectivity index (χ1v) is 7.07. The number of rotatable bonds is 2. The van der Waals surface area contributed by atoms with Crippen LogP contribution in [0.4, 0.5) is 0 Å². The smallest absolute Gasteiger partial charge is 0.216 e. The maximum atomic E-state index is 6.32. The van der Waals surface area contributed by atoms with E-state index in [4.69, 9.17) is 16.3 Å². The molecule has 0 N–H and O–H groups in total. The molecule has 0 saturated carbocycles. The molecule has 0 unspecified atom stereocenters. The quantitative estimate of drug-likeness (QED) is 0.629. The van der Waals surface area contributed by atoms with E-state index in [0.717, 1.165) is 36.9 Å². The van der Waals surface area contributed by atoms with Crippen LogP contribution in [0.5, 0.6) is 5.88 Å². The summed E-state index contributed by atoms with van der Waals surface area (Å²) in [6.07, 6.45) is 6.86. The van der Waals surface area contributed by atoms with E-state index in [1.807, 2.05) is 0 Å². The van der Waals surface area contributed by atoms with Crippen molar-refractivity contribution < 1.29 is 4.74 Å². The summed E-state index contributed by atoms with van der Waals surface area (Å²) in [7, 11) is 1.57. The average Bonchev–Trinajstić information content (AvgIpc) is 2.73. The van der Waals surface area contributed by atoms with Gasteiger partial charge >= 0.3 is 0 Å². The molecule has 0 aliphatic heterocycles. The van der Waals surface area contributed by atoms with E-state index in [-0.39, 0.29) is 0 Å². The summed E-state index contributed by atoms with van der Waals surface area (Å²) in [4.78, 5) is 17.2. The Morgan fingerprint density at radius 3 is 2.80 bits per heavy atom. The molecule has 104 valence electrons. The lowest BCUT2D eigenvalue weighted by Crippen LogP contribution is -2.03. The van der Waals surface area contributed by atoms with Crippen molar-refractivity contribution in [2.24, 2.45) is 0 Å². The molecule has 6 heteroatoms. The summed E-state index contributed by atoms with van der Waals surface area (Å²) in [6, 6.07) is 1.72. The largest absolute Gasteiger partial charge is 0.481 e. The normalized spacial score (nSPS) is 14.5. The molecule has 0 amide bonds. The minimum atomic E-state index is 0.490. The third-order valence-electron chi connectivity index (χ3n) is 3.46. The number of aromatic nitrogens is 4. The van der Waals surface area contributed by atoms with Gasteiger partial charge in [-0.3, -0.25) is 0 Å². The van der Waals surface area contributed by atoms with E-state index in [1.165, 1.54) is 12.7 Å². The van der Waals surface area contributed by atoms with Gasteiger partial charge in [-0.1, -0.05) is 18.0 Å². The molecule has 5 nitrogen and oxygen atoms in total. The number of halogens is 1. The van der Waals surface area contributed by atoms with Gasteiger partial charge in [0.25, 0.3) is 0 Å². The van der Waals surface area contributed by atoms with Crippen LogP contribution in [0.1, 0.15) is 30.5 Å². The van der Waals surface area contributed by atoms with Crippen LogP contribution in [-0.2, 0) is 12.8 Å². The second-order valence-corrected chi connectivity index (χ2v) is 5.13. The maximum absolute atomic E-state index is 6.32. The van der Waals surface area contributed by atoms with Crippen LogP contribution in [0, 0.1) is 0 Å². The van der Waals surface area contributed by atoms with Crippen molar-refractivity contribution >= 4 is 11.6 Å². The lowest BCUT2D eigenvalue weighted by Gasteiger charge is -2.09. The molecule has 1 aliphatic rings. The molecule has 0 radical (unpaired) electrons. The van der Waals surface area contributed by atoms with Gasteiger partial charge < -0.3 is 4.74 Å². The van der Waals surface area contributed by atoms with Gasteiger partial charge in [0.2, 0.25) is 5.88 Å². The predicted octanol–water partition coefficient (Wildman–Crippen LogP) is 2.86. The SMILES string of the molecule is COc1cc(-c2nc(Cl)c3c(n2)CCCCC3)ncn1. The van der Waals surface area contributed by atoms with E-state index in [2.05, 4.69) is 19.9 Å². The minimum Gasteiger partial charge on any atom is -0.481 e. The van der Waals surface area contributed by atoms with Gasteiger partial charge in [0, 0.05) is 17.3 Å². The van der Waals surface area contributed by atoms with E-state index in [0.29, 0.717) is 22.6 Å². The molecule has 20 heavy (non-hydrogen) atoms. The Balaban J connectivity index is 2.06.